The van der Waals surface area contributed by atoms with Gasteiger partial charge in [0.25, 0.3) is 0 Å². The highest BCUT2D eigenvalue weighted by atomic mass is 127. The quantitative estimate of drug-likeness (QED) is 0.815. The molecule has 0 heterocycles. The number of para-hydroxylation sites is 1. The highest BCUT2D eigenvalue weighted by molar-refractivity contribution is 14.1. The van der Waals surface area contributed by atoms with Crippen LogP contribution >= 0.6 is 22.6 Å². The molecular weight excluding hydrogens is 315 g/mol. The van der Waals surface area contributed by atoms with Crippen molar-refractivity contribution in [3.05, 3.63) is 27.8 Å². The molecule has 0 aliphatic carbocycles. The number of nitrogens with one attached hydrogen (secondary N) is 1. The average molecular weight is 332 g/mol. The van der Waals surface area contributed by atoms with E-state index in [4.69, 9.17) is 5.73 Å². The lowest BCUT2D eigenvalue weighted by atomic mass is 10.1. The van der Waals surface area contributed by atoms with Crippen LogP contribution in [0, 0.1) is 3.57 Å². The number of halogens is 1. The second-order valence-corrected chi connectivity index (χ2v) is 4.94. The molecule has 0 aromatic heterocycles. The van der Waals surface area contributed by atoms with Gasteiger partial charge in [-0.25, -0.2) is 0 Å². The normalized spacial score (nSPS) is 12.2. The van der Waals surface area contributed by atoms with Crippen molar-refractivity contribution in [2.75, 3.05) is 5.32 Å². The van der Waals surface area contributed by atoms with E-state index in [1.165, 1.54) is 0 Å². The van der Waals surface area contributed by atoms with Crippen LogP contribution < -0.4 is 11.1 Å². The highest BCUT2D eigenvalue weighted by Gasteiger charge is 2.09. The van der Waals surface area contributed by atoms with Crippen LogP contribution in [0.4, 0.5) is 5.69 Å². The van der Waals surface area contributed by atoms with Gasteiger partial charge in [-0.05, 0) is 41.1 Å². The third-order valence-corrected chi connectivity index (χ3v) is 3.20. The van der Waals surface area contributed by atoms with Gasteiger partial charge in [0.05, 0.1) is 5.69 Å². The first-order chi connectivity index (χ1) is 7.63. The Kier molecular flexibility index (Phi) is 5.76. The molecule has 0 saturated carbocycles. The highest BCUT2D eigenvalue weighted by Crippen LogP contribution is 2.17. The SMILES string of the molecule is CCCC(N)CC(=O)Nc1ccccc1I. The maximum absolute atomic E-state index is 11.7. The third-order valence-electron chi connectivity index (χ3n) is 2.25. The summed E-state index contributed by atoms with van der Waals surface area (Å²) in [6, 6.07) is 7.67. The summed E-state index contributed by atoms with van der Waals surface area (Å²) in [6.07, 6.45) is 2.29. The van der Waals surface area contributed by atoms with Crippen molar-refractivity contribution < 1.29 is 4.79 Å². The van der Waals surface area contributed by atoms with Crippen molar-refractivity contribution in [2.24, 2.45) is 5.73 Å². The predicted molar refractivity (Wildman–Crippen MR) is 75.3 cm³/mol. The zero-order valence-electron chi connectivity index (χ0n) is 9.37. The smallest absolute Gasteiger partial charge is 0.225 e. The first kappa shape index (κ1) is 13.4. The Morgan fingerprint density at radius 3 is 2.81 bits per heavy atom. The van der Waals surface area contributed by atoms with Crippen LogP contribution in [-0.2, 0) is 4.79 Å². The van der Waals surface area contributed by atoms with Crippen LogP contribution in [0.1, 0.15) is 26.2 Å². The van der Waals surface area contributed by atoms with Crippen molar-refractivity contribution >= 4 is 34.2 Å². The van der Waals surface area contributed by atoms with Gasteiger partial charge >= 0.3 is 0 Å². The van der Waals surface area contributed by atoms with Gasteiger partial charge in [0.2, 0.25) is 5.91 Å². The first-order valence-corrected chi connectivity index (χ1v) is 6.51. The number of nitrogens with two attached hydrogens (primary N) is 1. The van der Waals surface area contributed by atoms with Gasteiger partial charge in [-0.1, -0.05) is 25.5 Å². The zero-order valence-corrected chi connectivity index (χ0v) is 11.5. The fraction of sp³-hybridized carbons (Fsp3) is 0.417. The van der Waals surface area contributed by atoms with Gasteiger partial charge in [0, 0.05) is 16.0 Å². The minimum atomic E-state index is -0.0358. The molecule has 1 amide bonds. The summed E-state index contributed by atoms with van der Waals surface area (Å²) >= 11 is 2.20. The Morgan fingerprint density at radius 2 is 2.19 bits per heavy atom. The average Bonchev–Trinajstić information content (AvgIpc) is 2.21. The van der Waals surface area contributed by atoms with Crippen LogP contribution in [0.5, 0.6) is 0 Å². The summed E-state index contributed by atoms with van der Waals surface area (Å²) in [5.41, 5.74) is 6.67. The fourth-order valence-corrected chi connectivity index (χ4v) is 2.00. The summed E-state index contributed by atoms with van der Waals surface area (Å²) in [5.74, 6) is -0.00920. The van der Waals surface area contributed by atoms with E-state index in [9.17, 15) is 4.79 Å². The minimum Gasteiger partial charge on any atom is -0.327 e. The molecule has 88 valence electrons. The summed E-state index contributed by atoms with van der Waals surface area (Å²) in [4.78, 5) is 11.7. The number of benzene rings is 1. The monoisotopic (exact) mass is 332 g/mol. The summed E-state index contributed by atoms with van der Waals surface area (Å²) < 4.78 is 1.04. The van der Waals surface area contributed by atoms with Crippen molar-refractivity contribution in [1.82, 2.24) is 0 Å². The second kappa shape index (κ2) is 6.85. The third kappa shape index (κ3) is 4.49. The molecule has 16 heavy (non-hydrogen) atoms. The largest absolute Gasteiger partial charge is 0.327 e. The Hall–Kier alpha value is -0.620. The lowest BCUT2D eigenvalue weighted by Gasteiger charge is -2.11. The Morgan fingerprint density at radius 1 is 1.50 bits per heavy atom. The number of amides is 1. The van der Waals surface area contributed by atoms with Gasteiger partial charge < -0.3 is 11.1 Å². The van der Waals surface area contributed by atoms with Crippen LogP contribution in [-0.4, -0.2) is 11.9 Å². The summed E-state index contributed by atoms with van der Waals surface area (Å²) in [6.45, 7) is 2.07. The van der Waals surface area contributed by atoms with E-state index >= 15 is 0 Å². The molecule has 0 aliphatic rings. The standard InChI is InChI=1S/C12H17IN2O/c1-2-5-9(14)8-12(16)15-11-7-4-3-6-10(11)13/h3-4,6-7,9H,2,5,8,14H2,1H3,(H,15,16). The van der Waals surface area contributed by atoms with Gasteiger partial charge in [-0.15, -0.1) is 0 Å². The molecule has 1 aromatic rings. The van der Waals surface area contributed by atoms with Crippen molar-refractivity contribution in [3.63, 3.8) is 0 Å². The molecule has 0 aliphatic heterocycles. The van der Waals surface area contributed by atoms with Gasteiger partial charge in [0.15, 0.2) is 0 Å². The van der Waals surface area contributed by atoms with Gasteiger partial charge in [-0.3, -0.25) is 4.79 Å². The maximum atomic E-state index is 11.7. The molecule has 3 N–H and O–H groups in total. The van der Waals surface area contributed by atoms with E-state index in [0.717, 1.165) is 22.1 Å². The van der Waals surface area contributed by atoms with E-state index in [1.807, 2.05) is 24.3 Å². The Bertz CT molecular complexity index is 355. The second-order valence-electron chi connectivity index (χ2n) is 3.78. The number of anilines is 1. The Balaban J connectivity index is 2.49. The summed E-state index contributed by atoms with van der Waals surface area (Å²) in [7, 11) is 0. The molecule has 0 saturated heterocycles. The van der Waals surface area contributed by atoms with E-state index in [0.29, 0.717) is 6.42 Å². The molecular formula is C12H17IN2O. The summed E-state index contributed by atoms with van der Waals surface area (Å²) in [5, 5.41) is 2.87. The number of rotatable bonds is 5. The molecule has 1 unspecified atom stereocenters. The van der Waals surface area contributed by atoms with Crippen molar-refractivity contribution in [2.45, 2.75) is 32.2 Å². The lowest BCUT2D eigenvalue weighted by molar-refractivity contribution is -0.116. The number of carbonyl (C=O) groups excluding carboxylic acids is 1. The van der Waals surface area contributed by atoms with E-state index in [-0.39, 0.29) is 11.9 Å². The van der Waals surface area contributed by atoms with Crippen LogP contribution in [0.15, 0.2) is 24.3 Å². The molecule has 0 spiro atoms. The van der Waals surface area contributed by atoms with Gasteiger partial charge in [0.1, 0.15) is 0 Å². The van der Waals surface area contributed by atoms with E-state index < -0.39 is 0 Å². The predicted octanol–water partition coefficient (Wildman–Crippen LogP) is 2.75. The van der Waals surface area contributed by atoms with E-state index in [2.05, 4.69) is 34.8 Å². The van der Waals surface area contributed by atoms with Crippen LogP contribution in [0.2, 0.25) is 0 Å². The molecule has 0 fully saturated rings. The topological polar surface area (TPSA) is 55.1 Å². The number of hydrogen-bond acceptors (Lipinski definition) is 2. The molecule has 1 aromatic carbocycles. The Labute approximate surface area is 110 Å². The van der Waals surface area contributed by atoms with Crippen molar-refractivity contribution in [1.29, 1.82) is 0 Å². The first-order valence-electron chi connectivity index (χ1n) is 5.43. The maximum Gasteiger partial charge on any atom is 0.225 e. The number of hydrogen-bond donors (Lipinski definition) is 2. The molecule has 0 radical (unpaired) electrons. The van der Waals surface area contributed by atoms with Crippen molar-refractivity contribution in [3.8, 4) is 0 Å². The molecule has 1 atom stereocenters. The van der Waals surface area contributed by atoms with Crippen LogP contribution in [0.3, 0.4) is 0 Å². The van der Waals surface area contributed by atoms with E-state index in [1.54, 1.807) is 0 Å². The van der Waals surface area contributed by atoms with Gasteiger partial charge in [-0.2, -0.15) is 0 Å². The molecule has 3 nitrogen and oxygen atoms in total. The molecule has 1 rings (SSSR count). The fourth-order valence-electron chi connectivity index (χ4n) is 1.47. The lowest BCUT2D eigenvalue weighted by Crippen LogP contribution is -2.27. The molecule has 4 heteroatoms. The molecule has 0 bridgehead atoms. The minimum absolute atomic E-state index is 0.00920. The zero-order chi connectivity index (χ0) is 12.0. The van der Waals surface area contributed by atoms with Crippen LogP contribution in [0.25, 0.3) is 0 Å². The number of carbonyl (C=O) groups is 1.